The van der Waals surface area contributed by atoms with E-state index in [0.29, 0.717) is 0 Å². The zero-order valence-corrected chi connectivity index (χ0v) is 9.05. The average molecular weight is 241 g/mol. The molecule has 0 unspecified atom stereocenters. The molecule has 0 saturated carbocycles. The molecular weight excluding hydrogens is 228 g/mol. The van der Waals surface area contributed by atoms with E-state index >= 15 is 0 Å². The largest absolute Gasteiger partial charge is 0.370 e. The second-order valence-electron chi connectivity index (χ2n) is 3.30. The summed E-state index contributed by atoms with van der Waals surface area (Å²) >= 11 is 3.49. The molecule has 2 nitrogen and oxygen atoms in total. The summed E-state index contributed by atoms with van der Waals surface area (Å²) in [5, 5.41) is 0. The second-order valence-corrected chi connectivity index (χ2v) is 4.21. The van der Waals surface area contributed by atoms with Gasteiger partial charge in [-0.05, 0) is 24.1 Å². The van der Waals surface area contributed by atoms with E-state index in [4.69, 9.17) is 5.73 Å². The van der Waals surface area contributed by atoms with Gasteiger partial charge < -0.3 is 10.6 Å². The van der Waals surface area contributed by atoms with Crippen molar-refractivity contribution in [2.75, 3.05) is 24.5 Å². The summed E-state index contributed by atoms with van der Waals surface area (Å²) in [5.74, 6) is 0. The third kappa shape index (κ3) is 1.71. The van der Waals surface area contributed by atoms with E-state index in [9.17, 15) is 0 Å². The summed E-state index contributed by atoms with van der Waals surface area (Å²) in [5.41, 5.74) is 8.34. The van der Waals surface area contributed by atoms with Crippen molar-refractivity contribution in [1.82, 2.24) is 0 Å². The summed E-state index contributed by atoms with van der Waals surface area (Å²) < 4.78 is 1.15. The van der Waals surface area contributed by atoms with Crippen LogP contribution in [-0.2, 0) is 6.42 Å². The predicted molar refractivity (Wildman–Crippen MR) is 59.1 cm³/mol. The number of nitrogens with zero attached hydrogens (tertiary/aromatic N) is 1. The maximum atomic E-state index is 5.55. The average Bonchev–Trinajstić information content (AvgIpc) is 2.49. The molecule has 1 aromatic carbocycles. The lowest BCUT2D eigenvalue weighted by molar-refractivity contribution is 0.821. The monoisotopic (exact) mass is 240 g/mol. The van der Waals surface area contributed by atoms with Crippen molar-refractivity contribution in [2.24, 2.45) is 5.73 Å². The number of anilines is 1. The first-order chi connectivity index (χ1) is 6.31. The molecule has 1 aromatic rings. The standard InChI is InChI=1S/C10H13BrN2/c11-9-2-1-8-3-5-13(6-4-12)10(8)7-9/h1-2,7H,3-6,12H2. The zero-order valence-electron chi connectivity index (χ0n) is 7.46. The molecule has 1 aliphatic heterocycles. The molecule has 0 radical (unpaired) electrons. The van der Waals surface area contributed by atoms with Crippen LogP contribution in [0.1, 0.15) is 5.56 Å². The molecule has 0 bridgehead atoms. The van der Waals surface area contributed by atoms with Crippen molar-refractivity contribution in [2.45, 2.75) is 6.42 Å². The minimum Gasteiger partial charge on any atom is -0.370 e. The van der Waals surface area contributed by atoms with Crippen molar-refractivity contribution >= 4 is 21.6 Å². The number of hydrogen-bond donors (Lipinski definition) is 1. The minimum absolute atomic E-state index is 0.728. The maximum Gasteiger partial charge on any atom is 0.0411 e. The van der Waals surface area contributed by atoms with E-state index in [1.54, 1.807) is 0 Å². The Balaban J connectivity index is 2.29. The number of fused-ring (bicyclic) bond motifs is 1. The fourth-order valence-electron chi connectivity index (χ4n) is 1.81. The van der Waals surface area contributed by atoms with Crippen LogP contribution in [0, 0.1) is 0 Å². The Hall–Kier alpha value is -0.540. The lowest BCUT2D eigenvalue weighted by atomic mass is 10.2. The highest BCUT2D eigenvalue weighted by Crippen LogP contribution is 2.30. The third-order valence-electron chi connectivity index (χ3n) is 2.44. The number of hydrogen-bond acceptors (Lipinski definition) is 2. The van der Waals surface area contributed by atoms with Gasteiger partial charge >= 0.3 is 0 Å². The van der Waals surface area contributed by atoms with Crippen LogP contribution in [0.15, 0.2) is 22.7 Å². The lowest BCUT2D eigenvalue weighted by Gasteiger charge is -2.18. The fraction of sp³-hybridized carbons (Fsp3) is 0.400. The van der Waals surface area contributed by atoms with Crippen LogP contribution >= 0.6 is 15.9 Å². The van der Waals surface area contributed by atoms with Crippen molar-refractivity contribution < 1.29 is 0 Å². The number of halogens is 1. The van der Waals surface area contributed by atoms with Crippen LogP contribution in [0.2, 0.25) is 0 Å². The van der Waals surface area contributed by atoms with Crippen molar-refractivity contribution in [1.29, 1.82) is 0 Å². The summed E-state index contributed by atoms with van der Waals surface area (Å²) in [7, 11) is 0. The highest BCUT2D eigenvalue weighted by Gasteiger charge is 2.17. The van der Waals surface area contributed by atoms with Gasteiger partial charge in [-0.2, -0.15) is 0 Å². The SMILES string of the molecule is NCCN1CCc2ccc(Br)cc21. The summed E-state index contributed by atoms with van der Waals surface area (Å²) in [6.45, 7) is 2.80. The van der Waals surface area contributed by atoms with E-state index in [2.05, 4.69) is 39.0 Å². The third-order valence-corrected chi connectivity index (χ3v) is 2.93. The smallest absolute Gasteiger partial charge is 0.0411 e. The van der Waals surface area contributed by atoms with Crippen LogP contribution < -0.4 is 10.6 Å². The number of rotatable bonds is 2. The van der Waals surface area contributed by atoms with E-state index in [1.165, 1.54) is 11.3 Å². The number of benzene rings is 1. The molecule has 0 fully saturated rings. The number of nitrogens with two attached hydrogens (primary N) is 1. The highest BCUT2D eigenvalue weighted by molar-refractivity contribution is 9.10. The minimum atomic E-state index is 0.728. The van der Waals surface area contributed by atoms with Gasteiger partial charge in [-0.1, -0.05) is 22.0 Å². The normalized spacial score (nSPS) is 14.8. The van der Waals surface area contributed by atoms with Gasteiger partial charge in [0.2, 0.25) is 0 Å². The second kappa shape index (κ2) is 3.68. The van der Waals surface area contributed by atoms with Crippen LogP contribution in [0.25, 0.3) is 0 Å². The van der Waals surface area contributed by atoms with Gasteiger partial charge in [-0.3, -0.25) is 0 Å². The van der Waals surface area contributed by atoms with Crippen LogP contribution in [0.5, 0.6) is 0 Å². The first kappa shape index (κ1) is 9.03. The Labute approximate surface area is 86.9 Å². The molecule has 0 aliphatic carbocycles. The molecule has 2 rings (SSSR count). The Morgan fingerprint density at radius 1 is 1.46 bits per heavy atom. The van der Waals surface area contributed by atoms with Crippen molar-refractivity contribution in [3.05, 3.63) is 28.2 Å². The topological polar surface area (TPSA) is 29.3 Å². The molecule has 1 aliphatic rings. The van der Waals surface area contributed by atoms with Gasteiger partial charge in [0.1, 0.15) is 0 Å². The zero-order chi connectivity index (χ0) is 9.26. The van der Waals surface area contributed by atoms with Crippen molar-refractivity contribution in [3.63, 3.8) is 0 Å². The molecular formula is C10H13BrN2. The molecule has 70 valence electrons. The quantitative estimate of drug-likeness (QED) is 0.854. The highest BCUT2D eigenvalue weighted by atomic mass is 79.9. The van der Waals surface area contributed by atoms with E-state index < -0.39 is 0 Å². The molecule has 0 spiro atoms. The molecule has 2 N–H and O–H groups in total. The fourth-order valence-corrected chi connectivity index (χ4v) is 2.16. The molecule has 13 heavy (non-hydrogen) atoms. The Morgan fingerprint density at radius 2 is 2.31 bits per heavy atom. The van der Waals surface area contributed by atoms with E-state index in [0.717, 1.165) is 30.5 Å². The Morgan fingerprint density at radius 3 is 3.08 bits per heavy atom. The molecule has 1 heterocycles. The Kier molecular flexibility index (Phi) is 2.56. The van der Waals surface area contributed by atoms with E-state index in [1.807, 2.05) is 0 Å². The van der Waals surface area contributed by atoms with E-state index in [-0.39, 0.29) is 0 Å². The summed E-state index contributed by atoms with van der Waals surface area (Å²) in [6, 6.07) is 6.47. The van der Waals surface area contributed by atoms with Crippen LogP contribution in [-0.4, -0.2) is 19.6 Å². The van der Waals surface area contributed by atoms with Crippen molar-refractivity contribution in [3.8, 4) is 0 Å². The first-order valence-corrected chi connectivity index (χ1v) is 5.34. The van der Waals surface area contributed by atoms with Crippen LogP contribution in [0.3, 0.4) is 0 Å². The van der Waals surface area contributed by atoms with Crippen LogP contribution in [0.4, 0.5) is 5.69 Å². The Bertz CT molecular complexity index is 310. The maximum absolute atomic E-state index is 5.55. The van der Waals surface area contributed by atoms with Gasteiger partial charge in [0.15, 0.2) is 0 Å². The summed E-state index contributed by atoms with van der Waals surface area (Å²) in [4.78, 5) is 2.35. The summed E-state index contributed by atoms with van der Waals surface area (Å²) in [6.07, 6.45) is 1.16. The van der Waals surface area contributed by atoms with Gasteiger partial charge in [0.25, 0.3) is 0 Å². The lowest BCUT2D eigenvalue weighted by Crippen LogP contribution is -2.27. The molecule has 0 saturated heterocycles. The molecule has 0 amide bonds. The molecule has 0 aromatic heterocycles. The van der Waals surface area contributed by atoms with Gasteiger partial charge in [-0.25, -0.2) is 0 Å². The van der Waals surface area contributed by atoms with Gasteiger partial charge in [-0.15, -0.1) is 0 Å². The predicted octanol–water partition coefficient (Wildman–Crippen LogP) is 1.77. The van der Waals surface area contributed by atoms with Gasteiger partial charge in [0.05, 0.1) is 0 Å². The molecule has 0 atom stereocenters. The molecule has 3 heteroatoms. The van der Waals surface area contributed by atoms with Gasteiger partial charge in [0, 0.05) is 29.8 Å². The first-order valence-electron chi connectivity index (χ1n) is 4.54.